The van der Waals surface area contributed by atoms with Gasteiger partial charge in [0.05, 0.1) is 7.39 Å². The molecule has 0 radical (unpaired) electrons. The maximum absolute atomic E-state index is 11.6. The number of aromatic amines is 1. The summed E-state index contributed by atoms with van der Waals surface area (Å²) >= 11 is 0. The Bertz CT molecular complexity index is 1100. The third-order valence-corrected chi connectivity index (χ3v) is 2.82. The van der Waals surface area contributed by atoms with Crippen molar-refractivity contribution < 1.29 is 26.1 Å². The molecule has 21 heavy (non-hydrogen) atoms. The molecule has 1 fully saturated rings. The number of carbonyl (C=O) groups excluding carboxylic acids is 1. The Hall–Kier alpha value is -2.01. The number of fused-ring (bicyclic) bond motifs is 1. The fraction of sp³-hybridized carbons (Fsp3) is 0.438. The Labute approximate surface area is 141 Å². The van der Waals surface area contributed by atoms with Crippen molar-refractivity contribution >= 4 is 17.0 Å². The van der Waals surface area contributed by atoms with Crippen LogP contribution in [0.1, 0.15) is 24.8 Å². The minimum atomic E-state index is -3.07. The molecule has 0 saturated carbocycles. The molecule has 3 rings (SSSR count). The molecule has 2 N–H and O–H groups in total. The van der Waals surface area contributed by atoms with Gasteiger partial charge in [-0.1, -0.05) is 6.07 Å². The third-order valence-electron chi connectivity index (χ3n) is 2.82. The molecule has 2 heterocycles. The van der Waals surface area contributed by atoms with E-state index in [0.29, 0.717) is 0 Å². The van der Waals surface area contributed by atoms with Crippen molar-refractivity contribution in [1.82, 2.24) is 15.2 Å². The second kappa shape index (κ2) is 5.77. The van der Waals surface area contributed by atoms with Gasteiger partial charge in [0.1, 0.15) is 6.61 Å². The van der Waals surface area contributed by atoms with E-state index in [2.05, 4.69) is 4.74 Å². The molecular weight excluding hydrogens is 266 g/mol. The second-order valence-electron chi connectivity index (χ2n) is 4.44. The highest BCUT2D eigenvalue weighted by atomic mass is 16.6. The monoisotopic (exact) mass is 299 g/mol. The zero-order valence-electron chi connectivity index (χ0n) is 23.2. The molecule has 0 unspecified atom stereocenters. The number of hydrogen-bond donors (Lipinski definition) is 2. The predicted octanol–water partition coefficient (Wildman–Crippen LogP) is 1.92. The first-order valence-corrected chi connectivity index (χ1v) is 6.15. The molecule has 1 aromatic heterocycles. The number of amides is 1. The van der Waals surface area contributed by atoms with Crippen LogP contribution in [-0.2, 0) is 17.5 Å². The van der Waals surface area contributed by atoms with Crippen LogP contribution in [0.4, 0.5) is 4.79 Å². The fourth-order valence-corrected chi connectivity index (χ4v) is 1.92. The van der Waals surface area contributed by atoms with E-state index in [1.165, 1.54) is 12.1 Å². The summed E-state index contributed by atoms with van der Waals surface area (Å²) in [5, 5.41) is -0.0266. The van der Waals surface area contributed by atoms with E-state index in [1.54, 1.807) is 0 Å². The number of H-pyrrole nitrogens is 1. The Morgan fingerprint density at radius 1 is 1.67 bits per heavy atom. The number of alkyl carbamates (subject to hydrolysis) is 1. The minimum absolute atomic E-state index is 0.0664. The molecule has 112 valence electrons. The normalized spacial score (nSPS) is 33.2. The largest absolute Gasteiger partial charge is 0.447 e. The van der Waals surface area contributed by atoms with Crippen molar-refractivity contribution in [3.8, 4) is 0 Å². The molecule has 1 atom stereocenters. The number of hydrogen-bond acceptors (Lipinski definition) is 3. The van der Waals surface area contributed by atoms with Gasteiger partial charge in [0.2, 0.25) is 0 Å². The Balaban J connectivity index is 2.19. The maximum atomic E-state index is 11.6. The highest BCUT2D eigenvalue weighted by Gasteiger charge is 2.22. The van der Waals surface area contributed by atoms with Crippen LogP contribution in [0.15, 0.2) is 24.4 Å². The van der Waals surface area contributed by atoms with Crippen LogP contribution in [0.2, 0.25) is 2.82 Å². The lowest BCUT2D eigenvalue weighted by molar-refractivity contribution is 0.177. The standard InChI is InChI=1S/C16H21N3O2/c1-19(2)6-5-12-9-17-15-4-3-11(8-14(12)15)7-13-10-21-16(20)18-13/h3-4,8-9,13,17H,5-7,10H2,1-2H3,(H,18,20)/t13-/m0/s1/i1D3,5D2,6D2,7D2,13D/hD2. The number of aromatic nitrogens is 1. The fourth-order valence-electron chi connectivity index (χ4n) is 1.92. The number of carbonyl (C=O) groups is 1. The number of nitrogens with one attached hydrogen (secondary N) is 2. The van der Waals surface area contributed by atoms with E-state index in [4.69, 9.17) is 16.5 Å². The van der Waals surface area contributed by atoms with Crippen LogP contribution in [-0.4, -0.2) is 49.1 Å². The van der Waals surface area contributed by atoms with E-state index in [1.807, 2.05) is 0 Å². The summed E-state index contributed by atoms with van der Waals surface area (Å²) in [6.07, 6.45) is -5.90. The lowest BCUT2D eigenvalue weighted by atomic mass is 10.0. The zero-order valence-corrected chi connectivity index (χ0v) is 11.2. The Morgan fingerprint density at radius 3 is 3.33 bits per heavy atom. The van der Waals surface area contributed by atoms with Gasteiger partial charge in [-0.25, -0.2) is 4.79 Å². The van der Waals surface area contributed by atoms with E-state index in [9.17, 15) is 4.79 Å². The van der Waals surface area contributed by atoms with Crippen molar-refractivity contribution in [3.05, 3.63) is 35.5 Å². The van der Waals surface area contributed by atoms with Gasteiger partial charge >= 0.3 is 6.09 Å². The molecule has 1 saturated heterocycles. The first-order valence-electron chi connectivity index (χ1n) is 12.0. The van der Waals surface area contributed by atoms with Crippen LogP contribution in [0.3, 0.4) is 0 Å². The van der Waals surface area contributed by atoms with Crippen molar-refractivity contribution in [3.63, 3.8) is 0 Å². The van der Waals surface area contributed by atoms with E-state index < -0.39 is 50.5 Å². The lowest BCUT2D eigenvalue weighted by Crippen LogP contribution is -2.28. The third kappa shape index (κ3) is 3.19. The van der Waals surface area contributed by atoms with E-state index in [0.717, 1.165) is 24.3 Å². The minimum Gasteiger partial charge on any atom is -0.447 e. The SMILES string of the molecule is [2H]N1C(=O)OC[C@]1([2H])C([2H])([2H])c1ccc2c(c1)c(C([2H])([2H])C([2H])([2H])N(C)C([2H])([2H])[2H])cn2[2H]. The number of cyclic esters (lactones) is 1. The molecule has 1 amide bonds. The van der Waals surface area contributed by atoms with Crippen LogP contribution in [0, 0.1) is 0 Å². The molecule has 2 aromatic rings. The summed E-state index contributed by atoms with van der Waals surface area (Å²) < 4.78 is 101. The van der Waals surface area contributed by atoms with Gasteiger partial charge in [0.15, 0.2) is 2.82 Å². The lowest BCUT2D eigenvalue weighted by Gasteiger charge is -2.09. The highest BCUT2D eigenvalue weighted by molar-refractivity contribution is 5.84. The quantitative estimate of drug-likeness (QED) is 0.887. The van der Waals surface area contributed by atoms with Gasteiger partial charge < -0.3 is 19.9 Å². The molecular formula is C16H21N3O2. The number of likely N-dealkylation sites (N-methyl/N-ethyl adjacent to an activating group) is 1. The van der Waals surface area contributed by atoms with Crippen molar-refractivity contribution in [2.75, 3.05) is 27.1 Å². The number of rotatable bonds is 5. The molecule has 5 nitrogen and oxygen atoms in total. The summed E-state index contributed by atoms with van der Waals surface area (Å²) in [6, 6.07) is 1.11. The van der Waals surface area contributed by atoms with E-state index >= 15 is 0 Å². The Morgan fingerprint density at radius 2 is 2.57 bits per heavy atom. The number of benzene rings is 1. The molecule has 0 bridgehead atoms. The van der Waals surface area contributed by atoms with Gasteiger partial charge in [0.25, 0.3) is 0 Å². The van der Waals surface area contributed by atoms with Gasteiger partial charge in [0, 0.05) is 35.9 Å². The first-order chi connectivity index (χ1) is 14.8. The topological polar surface area (TPSA) is 57.4 Å². The molecule has 0 aliphatic carbocycles. The number of aryl methyl sites for hydroxylation is 1. The average Bonchev–Trinajstić information content (AvgIpc) is 3.19. The summed E-state index contributed by atoms with van der Waals surface area (Å²) in [5.41, 5.74) is -0.582. The van der Waals surface area contributed by atoms with Crippen molar-refractivity contribution in [2.24, 2.45) is 0 Å². The van der Waals surface area contributed by atoms with Crippen molar-refractivity contribution in [2.45, 2.75) is 18.8 Å². The smallest absolute Gasteiger partial charge is 0.407 e. The molecule has 1 aliphatic rings. The zero-order chi connectivity index (χ0) is 25.4. The van der Waals surface area contributed by atoms with Gasteiger partial charge in [-0.15, -0.1) is 0 Å². The summed E-state index contributed by atoms with van der Waals surface area (Å²) in [4.78, 5) is 12.6. The highest BCUT2D eigenvalue weighted by Crippen LogP contribution is 2.21. The molecule has 0 spiro atoms. The summed E-state index contributed by atoms with van der Waals surface area (Å²) in [7, 11) is 0.901. The van der Waals surface area contributed by atoms with Crippen molar-refractivity contribution in [1.29, 1.82) is 0 Å². The predicted molar refractivity (Wildman–Crippen MR) is 82.5 cm³/mol. The molecule has 1 aliphatic heterocycles. The van der Waals surface area contributed by atoms with Gasteiger partial charge in [-0.3, -0.25) is 0 Å². The average molecular weight is 299 g/mol. The number of ether oxygens (including phenoxy) is 1. The van der Waals surface area contributed by atoms with Gasteiger partial charge in [-0.2, -0.15) is 0 Å². The number of nitrogens with zero attached hydrogens (tertiary/aromatic N) is 1. The summed E-state index contributed by atoms with van der Waals surface area (Å²) in [6.45, 7) is -6.77. The van der Waals surface area contributed by atoms with Crippen LogP contribution >= 0.6 is 0 Å². The molecule has 5 heteroatoms. The van der Waals surface area contributed by atoms with Crippen LogP contribution in [0.5, 0.6) is 0 Å². The van der Waals surface area contributed by atoms with E-state index in [-0.39, 0.29) is 26.7 Å². The Kier molecular flexibility index (Phi) is 1.55. The maximum Gasteiger partial charge on any atom is 0.407 e. The molecule has 1 aromatic carbocycles. The van der Waals surface area contributed by atoms with Crippen LogP contribution < -0.4 is 5.31 Å². The summed E-state index contributed by atoms with van der Waals surface area (Å²) in [5.74, 6) is 0. The second-order valence-corrected chi connectivity index (χ2v) is 4.44. The van der Waals surface area contributed by atoms with Gasteiger partial charge in [-0.05, 0) is 50.0 Å². The van der Waals surface area contributed by atoms with Crippen LogP contribution in [0.25, 0.3) is 10.9 Å². The first kappa shape index (κ1) is 5.65.